The smallest absolute Gasteiger partial charge is 0.243 e. The van der Waals surface area contributed by atoms with Crippen LogP contribution in [0.15, 0.2) is 52.5 Å². The third-order valence-corrected chi connectivity index (χ3v) is 9.25. The molecule has 1 saturated heterocycles. The van der Waals surface area contributed by atoms with E-state index in [1.807, 2.05) is 25.1 Å². The first-order valence-corrected chi connectivity index (χ1v) is 14.7. The summed E-state index contributed by atoms with van der Waals surface area (Å²) in [5.74, 6) is 1.97. The van der Waals surface area contributed by atoms with Gasteiger partial charge in [0.05, 0.1) is 23.0 Å². The molecular weight excluding hydrogens is 482 g/mol. The summed E-state index contributed by atoms with van der Waals surface area (Å²) in [6.07, 6.45) is 2.84. The number of hydrogen-bond acceptors (Lipinski definition) is 6. The Bertz CT molecular complexity index is 1230. The number of imidazole rings is 1. The molecule has 1 atom stereocenters. The highest BCUT2D eigenvalue weighted by Gasteiger charge is 2.29. The van der Waals surface area contributed by atoms with E-state index in [1.54, 1.807) is 35.3 Å². The molecule has 0 saturated carbocycles. The van der Waals surface area contributed by atoms with Crippen LogP contribution in [0.4, 0.5) is 0 Å². The SMILES string of the molecule is CCOCCCn1c(SCc2ccc(OC)cc2)nc2cc(S(=O)(=O)N3CCC[C@H](C)C3)ccc21. The maximum Gasteiger partial charge on any atom is 0.243 e. The molecule has 9 heteroatoms. The van der Waals surface area contributed by atoms with Crippen LogP contribution in [0.25, 0.3) is 11.0 Å². The van der Waals surface area contributed by atoms with Gasteiger partial charge in [-0.15, -0.1) is 0 Å². The second-order valence-electron chi connectivity index (χ2n) is 8.99. The van der Waals surface area contributed by atoms with Crippen molar-refractivity contribution in [1.29, 1.82) is 0 Å². The van der Waals surface area contributed by atoms with Crippen molar-refractivity contribution in [3.63, 3.8) is 0 Å². The Morgan fingerprint density at radius 2 is 1.97 bits per heavy atom. The summed E-state index contributed by atoms with van der Waals surface area (Å²) in [5.41, 5.74) is 2.83. The molecule has 0 aliphatic carbocycles. The van der Waals surface area contributed by atoms with Crippen molar-refractivity contribution in [3.8, 4) is 5.75 Å². The maximum atomic E-state index is 13.3. The van der Waals surface area contributed by atoms with Crippen LogP contribution in [-0.2, 0) is 27.1 Å². The van der Waals surface area contributed by atoms with Gasteiger partial charge in [0.15, 0.2) is 5.16 Å². The monoisotopic (exact) mass is 517 g/mol. The lowest BCUT2D eigenvalue weighted by atomic mass is 10.0. The minimum absolute atomic E-state index is 0.324. The summed E-state index contributed by atoms with van der Waals surface area (Å²) >= 11 is 1.66. The lowest BCUT2D eigenvalue weighted by Gasteiger charge is -2.30. The van der Waals surface area contributed by atoms with Crippen molar-refractivity contribution in [3.05, 3.63) is 48.0 Å². The molecule has 35 heavy (non-hydrogen) atoms. The van der Waals surface area contributed by atoms with Gasteiger partial charge in [0, 0.05) is 38.6 Å². The second kappa shape index (κ2) is 11.8. The molecule has 190 valence electrons. The van der Waals surface area contributed by atoms with E-state index >= 15 is 0 Å². The average molecular weight is 518 g/mol. The predicted molar refractivity (Wildman–Crippen MR) is 141 cm³/mol. The molecule has 1 fully saturated rings. The van der Waals surface area contributed by atoms with Crippen LogP contribution in [0.3, 0.4) is 0 Å². The van der Waals surface area contributed by atoms with Gasteiger partial charge in [-0.2, -0.15) is 4.31 Å². The first-order valence-electron chi connectivity index (χ1n) is 12.3. The number of aromatic nitrogens is 2. The number of rotatable bonds is 11. The number of aryl methyl sites for hydroxylation is 1. The van der Waals surface area contributed by atoms with Crippen molar-refractivity contribution >= 4 is 32.8 Å². The fraction of sp³-hybridized carbons (Fsp3) is 0.500. The van der Waals surface area contributed by atoms with E-state index in [0.717, 1.165) is 48.0 Å². The van der Waals surface area contributed by atoms with E-state index in [-0.39, 0.29) is 0 Å². The molecule has 1 aliphatic heterocycles. The van der Waals surface area contributed by atoms with Gasteiger partial charge in [-0.1, -0.05) is 30.8 Å². The highest BCUT2D eigenvalue weighted by molar-refractivity contribution is 7.98. The highest BCUT2D eigenvalue weighted by Crippen LogP contribution is 2.31. The number of methoxy groups -OCH3 is 1. The summed E-state index contributed by atoms with van der Waals surface area (Å²) in [6.45, 7) is 7.40. The lowest BCUT2D eigenvalue weighted by Crippen LogP contribution is -2.39. The molecule has 2 heterocycles. The largest absolute Gasteiger partial charge is 0.497 e. The Hall–Kier alpha value is -2.07. The third-order valence-electron chi connectivity index (χ3n) is 6.34. The molecular formula is C26H35N3O4S2. The van der Waals surface area contributed by atoms with Crippen LogP contribution in [0.2, 0.25) is 0 Å². The third kappa shape index (κ3) is 6.20. The summed E-state index contributed by atoms with van der Waals surface area (Å²) in [5, 5.41) is 0.883. The number of ether oxygens (including phenoxy) is 2. The fourth-order valence-electron chi connectivity index (χ4n) is 4.43. The molecule has 0 radical (unpaired) electrons. The summed E-state index contributed by atoms with van der Waals surface area (Å²) in [4.78, 5) is 5.20. The number of fused-ring (bicyclic) bond motifs is 1. The number of hydrogen-bond donors (Lipinski definition) is 0. The zero-order valence-corrected chi connectivity index (χ0v) is 22.4. The molecule has 0 amide bonds. The van der Waals surface area contributed by atoms with E-state index < -0.39 is 10.0 Å². The van der Waals surface area contributed by atoms with Crippen molar-refractivity contribution in [1.82, 2.24) is 13.9 Å². The number of benzene rings is 2. The molecule has 0 spiro atoms. The Balaban J connectivity index is 1.61. The molecule has 2 aromatic carbocycles. The first-order chi connectivity index (χ1) is 16.9. The Morgan fingerprint density at radius 3 is 2.69 bits per heavy atom. The number of piperidine rings is 1. The van der Waals surface area contributed by atoms with Gasteiger partial charge in [-0.25, -0.2) is 13.4 Å². The van der Waals surface area contributed by atoms with Gasteiger partial charge >= 0.3 is 0 Å². The summed E-state index contributed by atoms with van der Waals surface area (Å²) in [6, 6.07) is 13.4. The molecule has 7 nitrogen and oxygen atoms in total. The van der Waals surface area contributed by atoms with E-state index in [0.29, 0.717) is 42.6 Å². The highest BCUT2D eigenvalue weighted by atomic mass is 32.2. The molecule has 1 aromatic heterocycles. The molecule has 1 aliphatic rings. The van der Waals surface area contributed by atoms with Crippen LogP contribution in [-0.4, -0.2) is 55.7 Å². The number of nitrogens with zero attached hydrogens (tertiary/aromatic N) is 3. The van der Waals surface area contributed by atoms with Crippen molar-refractivity contribution < 1.29 is 17.9 Å². The van der Waals surface area contributed by atoms with Crippen LogP contribution in [0.1, 0.15) is 38.7 Å². The molecule has 0 bridgehead atoms. The summed E-state index contributed by atoms with van der Waals surface area (Å²) in [7, 11) is -1.87. The zero-order valence-electron chi connectivity index (χ0n) is 20.8. The average Bonchev–Trinajstić information content (AvgIpc) is 3.22. The van der Waals surface area contributed by atoms with E-state index in [1.165, 1.54) is 5.56 Å². The quantitative estimate of drug-likeness (QED) is 0.258. The van der Waals surface area contributed by atoms with Gasteiger partial charge in [-0.3, -0.25) is 0 Å². The normalized spacial score (nSPS) is 17.2. The topological polar surface area (TPSA) is 73.7 Å². The van der Waals surface area contributed by atoms with Crippen molar-refractivity contribution in [2.24, 2.45) is 5.92 Å². The van der Waals surface area contributed by atoms with E-state index in [4.69, 9.17) is 14.5 Å². The van der Waals surface area contributed by atoms with Crippen molar-refractivity contribution in [2.45, 2.75) is 55.5 Å². The van der Waals surface area contributed by atoms with Gasteiger partial charge in [0.25, 0.3) is 0 Å². The number of sulfonamides is 1. The zero-order chi connectivity index (χ0) is 24.8. The van der Waals surface area contributed by atoms with Crippen molar-refractivity contribution in [2.75, 3.05) is 33.4 Å². The lowest BCUT2D eigenvalue weighted by molar-refractivity contribution is 0.141. The van der Waals surface area contributed by atoms with E-state index in [9.17, 15) is 8.42 Å². The van der Waals surface area contributed by atoms with Crippen LogP contribution in [0, 0.1) is 5.92 Å². The minimum atomic E-state index is -3.53. The van der Waals surface area contributed by atoms with Gasteiger partial charge in [-0.05, 0) is 68.0 Å². The molecule has 0 N–H and O–H groups in total. The summed E-state index contributed by atoms with van der Waals surface area (Å²) < 4.78 is 41.3. The van der Waals surface area contributed by atoms with Gasteiger partial charge in [0.1, 0.15) is 5.75 Å². The Labute approximate surface area is 212 Å². The first kappa shape index (κ1) is 26.0. The molecule has 3 aromatic rings. The predicted octanol–water partition coefficient (Wildman–Crippen LogP) is 5.18. The van der Waals surface area contributed by atoms with E-state index in [2.05, 4.69) is 23.6 Å². The van der Waals surface area contributed by atoms with Crippen LogP contribution in [0.5, 0.6) is 5.75 Å². The molecule has 0 unspecified atom stereocenters. The Kier molecular flexibility index (Phi) is 8.75. The van der Waals surface area contributed by atoms with Crippen LogP contribution >= 0.6 is 11.8 Å². The second-order valence-corrected chi connectivity index (χ2v) is 11.9. The van der Waals surface area contributed by atoms with Gasteiger partial charge < -0.3 is 14.0 Å². The molecule has 4 rings (SSSR count). The Morgan fingerprint density at radius 1 is 1.17 bits per heavy atom. The van der Waals surface area contributed by atoms with Gasteiger partial charge in [0.2, 0.25) is 10.0 Å². The van der Waals surface area contributed by atoms with Crippen LogP contribution < -0.4 is 4.74 Å². The number of thioether (sulfide) groups is 1. The minimum Gasteiger partial charge on any atom is -0.497 e. The fourth-order valence-corrected chi connectivity index (χ4v) is 7.04. The maximum absolute atomic E-state index is 13.3. The standard InChI is InChI=1S/C26H35N3O4S2/c1-4-33-16-6-15-29-25-13-12-23(35(30,31)28-14-5-7-20(2)18-28)17-24(25)27-26(29)34-19-21-8-10-22(32-3)11-9-21/h8-13,17,20H,4-7,14-16,18-19H2,1-3H3/t20-/m0/s1.